The number of anilines is 2. The molecule has 0 aliphatic rings. The number of benzene rings is 2. The number of ether oxygens (including phenoxy) is 4. The van der Waals surface area contributed by atoms with Crippen LogP contribution in [0.5, 0.6) is 0 Å². The van der Waals surface area contributed by atoms with Crippen LogP contribution >= 0.6 is 0 Å². The Labute approximate surface area is 210 Å². The highest BCUT2D eigenvalue weighted by Crippen LogP contribution is 2.16. The van der Waals surface area contributed by atoms with Crippen molar-refractivity contribution in [1.29, 1.82) is 0 Å². The van der Waals surface area contributed by atoms with Crippen LogP contribution in [0.4, 0.5) is 11.4 Å². The first-order chi connectivity index (χ1) is 16.9. The Morgan fingerprint density at radius 3 is 1.14 bits per heavy atom. The van der Waals surface area contributed by atoms with Crippen molar-refractivity contribution in [1.82, 2.24) is 0 Å². The van der Waals surface area contributed by atoms with Crippen molar-refractivity contribution < 1.29 is 28.5 Å². The summed E-state index contributed by atoms with van der Waals surface area (Å²) in [5, 5.41) is 5.48. The summed E-state index contributed by atoms with van der Waals surface area (Å²) in [6.45, 7) is 6.06. The summed E-state index contributed by atoms with van der Waals surface area (Å²) >= 11 is 0. The van der Waals surface area contributed by atoms with Gasteiger partial charge in [0.15, 0.2) is 0 Å². The zero-order chi connectivity index (χ0) is 26.3. The second-order valence-electron chi connectivity index (χ2n) is 7.61. The maximum atomic E-state index is 11.0. The highest BCUT2D eigenvalue weighted by molar-refractivity contribution is 5.89. The van der Waals surface area contributed by atoms with E-state index in [1.54, 1.807) is 28.4 Å². The second kappa shape index (κ2) is 21.7. The van der Waals surface area contributed by atoms with Crippen LogP contribution in [0, 0.1) is 0 Å². The van der Waals surface area contributed by atoms with Gasteiger partial charge in [0.2, 0.25) is 11.8 Å². The standard InChI is InChI=1S/C17H18N2O2.C6H14O2.C4H10O2/c1-12(20)18-16-7-3-14(4-8-16)11-15-5-9-17(10-6-15)19-13(2)21;1-7-5-3-4-6-8-2;1-5-3-4-6-2/h3-10H,11H2,1-2H3,(H,18,20)(H,19,21);3-6H2,1-2H3;3-4H2,1-2H3. The zero-order valence-corrected chi connectivity index (χ0v) is 22.0. The van der Waals surface area contributed by atoms with Gasteiger partial charge in [-0.2, -0.15) is 0 Å². The molecule has 2 amide bonds. The number of amides is 2. The van der Waals surface area contributed by atoms with E-state index in [9.17, 15) is 9.59 Å². The monoisotopic (exact) mass is 490 g/mol. The Morgan fingerprint density at radius 1 is 0.571 bits per heavy atom. The van der Waals surface area contributed by atoms with Gasteiger partial charge in [-0.05, 0) is 54.7 Å². The Morgan fingerprint density at radius 2 is 0.886 bits per heavy atom. The average molecular weight is 491 g/mol. The molecule has 0 heterocycles. The lowest BCUT2D eigenvalue weighted by Gasteiger charge is -2.06. The van der Waals surface area contributed by atoms with Crippen LogP contribution in [-0.2, 0) is 35.0 Å². The van der Waals surface area contributed by atoms with E-state index < -0.39 is 0 Å². The van der Waals surface area contributed by atoms with Gasteiger partial charge in [0, 0.05) is 66.9 Å². The topological polar surface area (TPSA) is 95.1 Å². The highest BCUT2D eigenvalue weighted by atomic mass is 16.5. The summed E-state index contributed by atoms with van der Waals surface area (Å²) in [6, 6.07) is 15.5. The van der Waals surface area contributed by atoms with E-state index >= 15 is 0 Å². The number of hydrogen-bond acceptors (Lipinski definition) is 6. The minimum atomic E-state index is -0.0729. The Balaban J connectivity index is 0.000000681. The van der Waals surface area contributed by atoms with Crippen LogP contribution in [0.3, 0.4) is 0 Å². The molecule has 0 bridgehead atoms. The first-order valence-electron chi connectivity index (χ1n) is 11.5. The summed E-state index contributed by atoms with van der Waals surface area (Å²) in [5.41, 5.74) is 3.92. The van der Waals surface area contributed by atoms with E-state index in [0.717, 1.165) is 55.0 Å². The number of unbranched alkanes of at least 4 members (excludes halogenated alkanes) is 1. The minimum absolute atomic E-state index is 0.0729. The van der Waals surface area contributed by atoms with Crippen LogP contribution in [0.25, 0.3) is 0 Å². The lowest BCUT2D eigenvalue weighted by molar-refractivity contribution is -0.115. The first kappa shape index (κ1) is 32.2. The Hall–Kier alpha value is -2.78. The molecule has 0 radical (unpaired) electrons. The van der Waals surface area contributed by atoms with Gasteiger partial charge in [-0.3, -0.25) is 9.59 Å². The van der Waals surface area contributed by atoms with Crippen LogP contribution < -0.4 is 10.6 Å². The maximum Gasteiger partial charge on any atom is 0.221 e. The van der Waals surface area contributed by atoms with Gasteiger partial charge < -0.3 is 29.6 Å². The zero-order valence-electron chi connectivity index (χ0n) is 22.0. The summed E-state index contributed by atoms with van der Waals surface area (Å²) in [7, 11) is 6.73. The van der Waals surface area contributed by atoms with E-state index in [1.807, 2.05) is 48.5 Å². The molecule has 0 unspecified atom stereocenters. The van der Waals surface area contributed by atoms with Crippen LogP contribution in [0.15, 0.2) is 48.5 Å². The molecule has 0 spiro atoms. The van der Waals surface area contributed by atoms with Crippen LogP contribution in [0.2, 0.25) is 0 Å². The molecule has 0 aliphatic carbocycles. The third kappa shape index (κ3) is 19.2. The summed E-state index contributed by atoms with van der Waals surface area (Å²) < 4.78 is 19.0. The predicted molar refractivity (Wildman–Crippen MR) is 141 cm³/mol. The van der Waals surface area contributed by atoms with Gasteiger partial charge in [-0.25, -0.2) is 0 Å². The molecule has 0 aliphatic heterocycles. The SMILES string of the molecule is CC(=O)Nc1ccc(Cc2ccc(NC(C)=O)cc2)cc1.COCCCCOC.COCCOC. The van der Waals surface area contributed by atoms with Gasteiger partial charge in [0.05, 0.1) is 13.2 Å². The van der Waals surface area contributed by atoms with Crippen molar-refractivity contribution in [3.8, 4) is 0 Å². The van der Waals surface area contributed by atoms with Crippen molar-refractivity contribution in [2.45, 2.75) is 33.1 Å². The third-order valence-electron chi connectivity index (χ3n) is 4.40. The van der Waals surface area contributed by atoms with Gasteiger partial charge >= 0.3 is 0 Å². The third-order valence-corrected chi connectivity index (χ3v) is 4.40. The van der Waals surface area contributed by atoms with Crippen LogP contribution in [0.1, 0.15) is 37.8 Å². The number of rotatable bonds is 12. The number of nitrogens with one attached hydrogen (secondary N) is 2. The summed E-state index contributed by atoms with van der Waals surface area (Å²) in [5.74, 6) is -0.146. The Kier molecular flexibility index (Phi) is 20.0. The fourth-order valence-corrected chi connectivity index (χ4v) is 2.71. The number of carbonyl (C=O) groups excluding carboxylic acids is 2. The molecular weight excluding hydrogens is 448 g/mol. The second-order valence-corrected chi connectivity index (χ2v) is 7.61. The maximum absolute atomic E-state index is 11.0. The Bertz CT molecular complexity index is 727. The number of hydrogen-bond donors (Lipinski definition) is 2. The molecule has 0 atom stereocenters. The van der Waals surface area contributed by atoms with Gasteiger partial charge in [-0.15, -0.1) is 0 Å². The number of carbonyl (C=O) groups is 2. The molecule has 2 N–H and O–H groups in total. The van der Waals surface area contributed by atoms with Gasteiger partial charge in [-0.1, -0.05) is 24.3 Å². The van der Waals surface area contributed by atoms with Crippen molar-refractivity contribution in [2.24, 2.45) is 0 Å². The van der Waals surface area contributed by atoms with Gasteiger partial charge in [0.25, 0.3) is 0 Å². The molecule has 0 fully saturated rings. The summed E-state index contributed by atoms with van der Waals surface area (Å²) in [4.78, 5) is 21.9. The smallest absolute Gasteiger partial charge is 0.221 e. The van der Waals surface area contributed by atoms with Crippen molar-refractivity contribution >= 4 is 23.2 Å². The van der Waals surface area contributed by atoms with E-state index in [0.29, 0.717) is 13.2 Å². The lowest BCUT2D eigenvalue weighted by atomic mass is 10.0. The molecular formula is C27H42N2O6. The normalized spacial score (nSPS) is 9.77. The van der Waals surface area contributed by atoms with E-state index in [2.05, 4.69) is 20.1 Å². The molecule has 8 heteroatoms. The van der Waals surface area contributed by atoms with Crippen LogP contribution in [-0.4, -0.2) is 66.7 Å². The average Bonchev–Trinajstić information content (AvgIpc) is 2.83. The molecule has 196 valence electrons. The van der Waals surface area contributed by atoms with E-state index in [4.69, 9.17) is 9.47 Å². The fraction of sp³-hybridized carbons (Fsp3) is 0.481. The lowest BCUT2D eigenvalue weighted by Crippen LogP contribution is -2.05. The van der Waals surface area contributed by atoms with E-state index in [1.165, 1.54) is 13.8 Å². The first-order valence-corrected chi connectivity index (χ1v) is 11.5. The van der Waals surface area contributed by atoms with Gasteiger partial charge in [0.1, 0.15) is 0 Å². The molecule has 35 heavy (non-hydrogen) atoms. The molecule has 2 rings (SSSR count). The molecule has 0 saturated carbocycles. The number of methoxy groups -OCH3 is 4. The van der Waals surface area contributed by atoms with Crippen molar-refractivity contribution in [3.05, 3.63) is 59.7 Å². The quantitative estimate of drug-likeness (QED) is 0.425. The molecule has 2 aromatic carbocycles. The fourth-order valence-electron chi connectivity index (χ4n) is 2.71. The molecule has 2 aromatic rings. The highest BCUT2D eigenvalue weighted by Gasteiger charge is 2.00. The summed E-state index contributed by atoms with van der Waals surface area (Å²) in [6.07, 6.45) is 3.01. The predicted octanol–water partition coefficient (Wildman–Crippen LogP) is 4.53. The molecule has 0 saturated heterocycles. The minimum Gasteiger partial charge on any atom is -0.385 e. The van der Waals surface area contributed by atoms with Crippen molar-refractivity contribution in [3.63, 3.8) is 0 Å². The largest absolute Gasteiger partial charge is 0.385 e. The molecule has 0 aromatic heterocycles. The van der Waals surface area contributed by atoms with E-state index in [-0.39, 0.29) is 11.8 Å². The molecule has 8 nitrogen and oxygen atoms in total. The van der Waals surface area contributed by atoms with Crippen molar-refractivity contribution in [2.75, 3.05) is 65.5 Å².